The van der Waals surface area contributed by atoms with Gasteiger partial charge in [0, 0.05) is 17.8 Å². The van der Waals surface area contributed by atoms with Gasteiger partial charge in [0.25, 0.3) is 0 Å². The Bertz CT molecular complexity index is 933. The topological polar surface area (TPSA) is 82.7 Å². The standard InChI is InChI=1S/C19H20FN5O/c20-14-9-15-16(11-23-18(15)22-10-14)24-19(26)25-17-8-13(6-7-21-17)12-4-2-1-3-5-12/h6-12H,1-5H2,(H,22,23)(H2,21,24,25,26). The predicted molar refractivity (Wildman–Crippen MR) is 98.8 cm³/mol. The van der Waals surface area contributed by atoms with Crippen LogP contribution in [0.5, 0.6) is 0 Å². The molecule has 4 rings (SSSR count). The lowest BCUT2D eigenvalue weighted by molar-refractivity contribution is 0.262. The van der Waals surface area contributed by atoms with Crippen molar-refractivity contribution in [1.29, 1.82) is 0 Å². The number of H-pyrrole nitrogens is 1. The summed E-state index contributed by atoms with van der Waals surface area (Å²) in [5, 5.41) is 5.98. The highest BCUT2D eigenvalue weighted by Gasteiger charge is 2.16. The summed E-state index contributed by atoms with van der Waals surface area (Å²) >= 11 is 0. The zero-order valence-corrected chi connectivity index (χ0v) is 14.3. The van der Waals surface area contributed by atoms with Crippen LogP contribution in [0.3, 0.4) is 0 Å². The SMILES string of the molecule is O=C(Nc1cc(C2CCCCC2)ccn1)Nc1c[nH]c2ncc(F)cc12. The highest BCUT2D eigenvalue weighted by Crippen LogP contribution is 2.33. The fourth-order valence-electron chi connectivity index (χ4n) is 3.56. The van der Waals surface area contributed by atoms with E-state index in [2.05, 4.69) is 25.6 Å². The van der Waals surface area contributed by atoms with Crippen molar-refractivity contribution in [3.05, 3.63) is 48.2 Å². The van der Waals surface area contributed by atoms with Crippen molar-refractivity contribution in [2.24, 2.45) is 0 Å². The van der Waals surface area contributed by atoms with Gasteiger partial charge in [-0.3, -0.25) is 5.32 Å². The fraction of sp³-hybridized carbons (Fsp3) is 0.316. The maximum atomic E-state index is 13.4. The summed E-state index contributed by atoms with van der Waals surface area (Å²) in [6, 6.07) is 4.86. The third-order valence-electron chi connectivity index (χ3n) is 4.85. The molecular weight excluding hydrogens is 333 g/mol. The second-order valence-electron chi connectivity index (χ2n) is 6.64. The first-order valence-electron chi connectivity index (χ1n) is 8.85. The molecule has 0 spiro atoms. The van der Waals surface area contributed by atoms with Crippen LogP contribution < -0.4 is 10.6 Å². The number of nitrogens with zero attached hydrogens (tertiary/aromatic N) is 2. The van der Waals surface area contributed by atoms with E-state index in [1.54, 1.807) is 12.4 Å². The molecular formula is C19H20FN5O. The average molecular weight is 353 g/mol. The van der Waals surface area contributed by atoms with Crippen molar-refractivity contribution >= 4 is 28.6 Å². The number of nitrogens with one attached hydrogen (secondary N) is 3. The lowest BCUT2D eigenvalue weighted by Gasteiger charge is -2.22. The number of urea groups is 1. The van der Waals surface area contributed by atoms with Crippen molar-refractivity contribution in [2.45, 2.75) is 38.0 Å². The molecule has 0 radical (unpaired) electrons. The van der Waals surface area contributed by atoms with Gasteiger partial charge in [-0.05, 0) is 42.5 Å². The van der Waals surface area contributed by atoms with Crippen LogP contribution in [-0.4, -0.2) is 21.0 Å². The number of aromatic nitrogens is 3. The van der Waals surface area contributed by atoms with E-state index in [1.807, 2.05) is 12.1 Å². The first kappa shape index (κ1) is 16.5. The number of carbonyl (C=O) groups is 1. The van der Waals surface area contributed by atoms with Crippen LogP contribution in [0.1, 0.15) is 43.6 Å². The Labute approximate surface area is 150 Å². The number of halogens is 1. The molecule has 0 aliphatic heterocycles. The van der Waals surface area contributed by atoms with E-state index in [0.717, 1.165) is 6.20 Å². The van der Waals surface area contributed by atoms with Crippen LogP contribution >= 0.6 is 0 Å². The molecule has 0 bridgehead atoms. The van der Waals surface area contributed by atoms with Crippen molar-refractivity contribution < 1.29 is 9.18 Å². The molecule has 134 valence electrons. The summed E-state index contributed by atoms with van der Waals surface area (Å²) in [6.07, 6.45) is 10.6. The molecule has 26 heavy (non-hydrogen) atoms. The number of hydrogen-bond donors (Lipinski definition) is 3. The van der Waals surface area contributed by atoms with Gasteiger partial charge in [0.1, 0.15) is 17.3 Å². The molecule has 3 heterocycles. The highest BCUT2D eigenvalue weighted by molar-refractivity contribution is 6.04. The lowest BCUT2D eigenvalue weighted by Crippen LogP contribution is -2.20. The minimum atomic E-state index is -0.456. The maximum Gasteiger partial charge on any atom is 0.324 e. The summed E-state index contributed by atoms with van der Waals surface area (Å²) < 4.78 is 13.4. The normalized spacial score (nSPS) is 15.1. The molecule has 2 amide bonds. The minimum absolute atomic E-state index is 0.427. The monoisotopic (exact) mass is 353 g/mol. The van der Waals surface area contributed by atoms with Gasteiger partial charge in [0.05, 0.1) is 11.9 Å². The Hall–Kier alpha value is -2.96. The molecule has 6 nitrogen and oxygen atoms in total. The van der Waals surface area contributed by atoms with Crippen LogP contribution in [0.4, 0.5) is 20.7 Å². The molecule has 3 N–H and O–H groups in total. The molecule has 0 unspecified atom stereocenters. The van der Waals surface area contributed by atoms with Gasteiger partial charge in [-0.2, -0.15) is 0 Å². The largest absolute Gasteiger partial charge is 0.344 e. The fourth-order valence-corrected chi connectivity index (χ4v) is 3.56. The minimum Gasteiger partial charge on any atom is -0.344 e. The third-order valence-corrected chi connectivity index (χ3v) is 4.85. The van der Waals surface area contributed by atoms with Crippen LogP contribution in [0, 0.1) is 5.82 Å². The summed E-state index contributed by atoms with van der Waals surface area (Å²) in [4.78, 5) is 23.4. The van der Waals surface area contributed by atoms with Crippen LogP contribution in [0.25, 0.3) is 11.0 Å². The number of amides is 2. The summed E-state index contributed by atoms with van der Waals surface area (Å²) in [5.74, 6) is 0.593. The molecule has 0 aromatic carbocycles. The number of carbonyl (C=O) groups excluding carboxylic acids is 1. The van der Waals surface area contributed by atoms with Gasteiger partial charge in [0.2, 0.25) is 0 Å². The van der Waals surface area contributed by atoms with Gasteiger partial charge >= 0.3 is 6.03 Å². The predicted octanol–water partition coefficient (Wildman–Crippen LogP) is 4.79. The van der Waals surface area contributed by atoms with Crippen molar-refractivity contribution in [3.8, 4) is 0 Å². The molecule has 1 fully saturated rings. The number of rotatable bonds is 3. The van der Waals surface area contributed by atoms with Crippen LogP contribution in [0.2, 0.25) is 0 Å². The van der Waals surface area contributed by atoms with Gasteiger partial charge in [-0.25, -0.2) is 19.2 Å². The Morgan fingerprint density at radius 2 is 2.00 bits per heavy atom. The first-order chi connectivity index (χ1) is 12.7. The quantitative estimate of drug-likeness (QED) is 0.633. The number of anilines is 2. The van der Waals surface area contributed by atoms with E-state index >= 15 is 0 Å². The van der Waals surface area contributed by atoms with Gasteiger partial charge in [-0.1, -0.05) is 19.3 Å². The zero-order chi connectivity index (χ0) is 17.9. The van der Waals surface area contributed by atoms with Crippen LogP contribution in [0.15, 0.2) is 36.8 Å². The molecule has 1 aliphatic carbocycles. The molecule has 1 aliphatic rings. The summed E-state index contributed by atoms with van der Waals surface area (Å²) in [7, 11) is 0. The number of pyridine rings is 2. The van der Waals surface area contributed by atoms with E-state index < -0.39 is 11.8 Å². The van der Waals surface area contributed by atoms with E-state index in [4.69, 9.17) is 0 Å². The van der Waals surface area contributed by atoms with E-state index in [-0.39, 0.29) is 0 Å². The van der Waals surface area contributed by atoms with E-state index in [0.29, 0.717) is 28.5 Å². The number of fused-ring (bicyclic) bond motifs is 1. The molecule has 1 saturated carbocycles. The smallest absolute Gasteiger partial charge is 0.324 e. The highest BCUT2D eigenvalue weighted by atomic mass is 19.1. The Balaban J connectivity index is 1.46. The number of hydrogen-bond acceptors (Lipinski definition) is 3. The third kappa shape index (κ3) is 3.51. The summed E-state index contributed by atoms with van der Waals surface area (Å²) in [5.41, 5.74) is 2.19. The molecule has 0 atom stereocenters. The number of aromatic amines is 1. The Morgan fingerprint density at radius 3 is 2.85 bits per heavy atom. The van der Waals surface area contributed by atoms with Crippen molar-refractivity contribution in [3.63, 3.8) is 0 Å². The molecule has 0 saturated heterocycles. The summed E-state index contributed by atoms with van der Waals surface area (Å²) in [6.45, 7) is 0. The van der Waals surface area contributed by atoms with Crippen LogP contribution in [-0.2, 0) is 0 Å². The zero-order valence-electron chi connectivity index (χ0n) is 14.3. The molecule has 3 aromatic rings. The molecule has 7 heteroatoms. The maximum absolute atomic E-state index is 13.4. The Kier molecular flexibility index (Phi) is 4.51. The Morgan fingerprint density at radius 1 is 1.15 bits per heavy atom. The van der Waals surface area contributed by atoms with Gasteiger partial charge < -0.3 is 10.3 Å². The van der Waals surface area contributed by atoms with Crippen molar-refractivity contribution in [2.75, 3.05) is 10.6 Å². The second kappa shape index (κ2) is 7.11. The first-order valence-corrected chi connectivity index (χ1v) is 8.85. The average Bonchev–Trinajstić information content (AvgIpc) is 3.04. The van der Waals surface area contributed by atoms with E-state index in [1.165, 1.54) is 43.7 Å². The van der Waals surface area contributed by atoms with Crippen molar-refractivity contribution in [1.82, 2.24) is 15.0 Å². The van der Waals surface area contributed by atoms with Gasteiger partial charge in [-0.15, -0.1) is 0 Å². The lowest BCUT2D eigenvalue weighted by atomic mass is 9.84. The van der Waals surface area contributed by atoms with Gasteiger partial charge in [0.15, 0.2) is 0 Å². The van der Waals surface area contributed by atoms with E-state index in [9.17, 15) is 9.18 Å². The molecule has 3 aromatic heterocycles. The second-order valence-corrected chi connectivity index (χ2v) is 6.64.